The zero-order valence-electron chi connectivity index (χ0n) is 20.0. The number of rotatable bonds is 6. The quantitative estimate of drug-likeness (QED) is 0.486. The van der Waals surface area contributed by atoms with E-state index in [2.05, 4.69) is 87.0 Å². The molecular weight excluding hydrogens is 414 g/mol. The molecule has 0 spiro atoms. The van der Waals surface area contributed by atoms with Crippen molar-refractivity contribution in [2.75, 3.05) is 13.2 Å². The standard InChI is InChI=1S/C27H37NO3Si/c1-26(2,3)32(4,5)28-24(23(16-17-29)25(28)30)20-18-27(31-19-20,21-12-8-6-9-13-21)22-14-10-7-11-15-22/h6-15,20,23-24,29H,16-19H2,1-5H3/t20-,23+,24+/m1/s1. The molecule has 0 unspecified atom stereocenters. The average Bonchev–Trinajstić information content (AvgIpc) is 3.21. The first-order valence-corrected chi connectivity index (χ1v) is 14.8. The molecule has 0 aromatic heterocycles. The number of carbonyl (C=O) groups excluding carboxylic acids is 1. The largest absolute Gasteiger partial charge is 0.396 e. The smallest absolute Gasteiger partial charge is 0.220 e. The van der Waals surface area contributed by atoms with Crippen molar-refractivity contribution in [1.82, 2.24) is 4.57 Å². The van der Waals surface area contributed by atoms with Crippen LogP contribution < -0.4 is 0 Å². The maximum absolute atomic E-state index is 13.3. The molecule has 1 N–H and O–H groups in total. The molecule has 2 aromatic rings. The van der Waals surface area contributed by atoms with E-state index in [0.717, 1.165) is 17.5 Å². The number of β-lactam (4-membered cyclic amide) rings is 1. The Morgan fingerprint density at radius 2 is 1.56 bits per heavy atom. The molecule has 0 saturated carbocycles. The Bertz CT molecular complexity index is 899. The van der Waals surface area contributed by atoms with Gasteiger partial charge >= 0.3 is 0 Å². The topological polar surface area (TPSA) is 49.8 Å². The highest BCUT2D eigenvalue weighted by Gasteiger charge is 2.61. The van der Waals surface area contributed by atoms with Crippen molar-refractivity contribution in [1.29, 1.82) is 0 Å². The van der Waals surface area contributed by atoms with Gasteiger partial charge in [0.05, 0.1) is 12.5 Å². The van der Waals surface area contributed by atoms with E-state index < -0.39 is 13.8 Å². The van der Waals surface area contributed by atoms with Gasteiger partial charge in [-0.1, -0.05) is 94.5 Å². The Kier molecular flexibility index (Phi) is 6.12. The Balaban J connectivity index is 1.72. The van der Waals surface area contributed by atoms with Crippen LogP contribution in [0, 0.1) is 11.8 Å². The summed E-state index contributed by atoms with van der Waals surface area (Å²) < 4.78 is 8.95. The van der Waals surface area contributed by atoms with Crippen molar-refractivity contribution in [3.05, 3.63) is 71.8 Å². The van der Waals surface area contributed by atoms with Crippen LogP contribution in [0.4, 0.5) is 0 Å². The predicted molar refractivity (Wildman–Crippen MR) is 131 cm³/mol. The minimum Gasteiger partial charge on any atom is -0.396 e. The third-order valence-corrected chi connectivity index (χ3v) is 13.6. The van der Waals surface area contributed by atoms with E-state index in [0.29, 0.717) is 13.0 Å². The molecule has 32 heavy (non-hydrogen) atoms. The summed E-state index contributed by atoms with van der Waals surface area (Å²) in [6, 6.07) is 21.1. The van der Waals surface area contributed by atoms with Crippen molar-refractivity contribution >= 4 is 14.1 Å². The molecule has 4 rings (SSSR count). The van der Waals surface area contributed by atoms with Crippen molar-refractivity contribution < 1.29 is 14.6 Å². The van der Waals surface area contributed by atoms with Crippen molar-refractivity contribution in [2.24, 2.45) is 11.8 Å². The van der Waals surface area contributed by atoms with Gasteiger partial charge in [0.15, 0.2) is 8.24 Å². The molecule has 4 nitrogen and oxygen atoms in total. The molecule has 172 valence electrons. The number of carbonyl (C=O) groups is 1. The molecule has 3 atom stereocenters. The number of hydrogen-bond donors (Lipinski definition) is 1. The lowest BCUT2D eigenvalue weighted by Crippen LogP contribution is -2.74. The van der Waals surface area contributed by atoms with Gasteiger partial charge < -0.3 is 14.4 Å². The fourth-order valence-electron chi connectivity index (χ4n) is 5.49. The highest BCUT2D eigenvalue weighted by molar-refractivity contribution is 6.80. The Morgan fingerprint density at radius 3 is 2.03 bits per heavy atom. The van der Waals surface area contributed by atoms with Gasteiger partial charge in [0.1, 0.15) is 5.60 Å². The van der Waals surface area contributed by atoms with Crippen LogP contribution in [0.15, 0.2) is 60.7 Å². The van der Waals surface area contributed by atoms with Gasteiger partial charge in [-0.25, -0.2) is 0 Å². The lowest BCUT2D eigenvalue weighted by molar-refractivity contribution is -0.152. The first-order chi connectivity index (χ1) is 15.1. The summed E-state index contributed by atoms with van der Waals surface area (Å²) in [6.07, 6.45) is 1.38. The molecule has 0 aliphatic carbocycles. The predicted octanol–water partition coefficient (Wildman–Crippen LogP) is 5.18. The Labute approximate surface area is 193 Å². The molecule has 2 aliphatic heterocycles. The lowest BCUT2D eigenvalue weighted by Gasteiger charge is -2.60. The van der Waals surface area contributed by atoms with Gasteiger partial charge in [0.2, 0.25) is 5.91 Å². The first kappa shape index (κ1) is 23.2. The second kappa shape index (κ2) is 8.43. The number of aliphatic hydroxyl groups is 1. The van der Waals surface area contributed by atoms with E-state index >= 15 is 0 Å². The molecule has 1 amide bonds. The number of amides is 1. The van der Waals surface area contributed by atoms with Crippen LogP contribution in [0.1, 0.15) is 44.7 Å². The van der Waals surface area contributed by atoms with E-state index in [9.17, 15) is 9.90 Å². The zero-order chi connectivity index (χ0) is 23.1. The number of nitrogens with zero attached hydrogens (tertiary/aromatic N) is 1. The minimum absolute atomic E-state index is 0.0499. The fraction of sp³-hybridized carbons (Fsp3) is 0.519. The van der Waals surface area contributed by atoms with Crippen LogP contribution in [-0.4, -0.2) is 43.1 Å². The second-order valence-corrected chi connectivity index (χ2v) is 16.1. The fourth-order valence-corrected chi connectivity index (χ4v) is 8.07. The highest BCUT2D eigenvalue weighted by atomic mass is 28.3. The van der Waals surface area contributed by atoms with Gasteiger partial charge in [0.25, 0.3) is 0 Å². The molecule has 2 heterocycles. The van der Waals surface area contributed by atoms with E-state index in [1.165, 1.54) is 0 Å². The second-order valence-electron chi connectivity index (χ2n) is 11.0. The molecule has 0 radical (unpaired) electrons. The first-order valence-electron chi connectivity index (χ1n) is 11.8. The summed E-state index contributed by atoms with van der Waals surface area (Å²) in [4.78, 5) is 13.3. The highest BCUT2D eigenvalue weighted by Crippen LogP contribution is 2.53. The van der Waals surface area contributed by atoms with E-state index in [1.807, 2.05) is 12.1 Å². The summed E-state index contributed by atoms with van der Waals surface area (Å²) in [7, 11) is -2.04. The van der Waals surface area contributed by atoms with Crippen LogP contribution in [-0.2, 0) is 15.1 Å². The van der Waals surface area contributed by atoms with Gasteiger partial charge in [0, 0.05) is 18.6 Å². The lowest BCUT2D eigenvalue weighted by atomic mass is 9.74. The van der Waals surface area contributed by atoms with E-state index in [-0.39, 0.29) is 35.4 Å². The summed E-state index contributed by atoms with van der Waals surface area (Å²) in [5.74, 6) is 0.358. The van der Waals surface area contributed by atoms with Crippen LogP contribution in [0.5, 0.6) is 0 Å². The van der Waals surface area contributed by atoms with E-state index in [4.69, 9.17) is 4.74 Å². The third-order valence-electron chi connectivity index (χ3n) is 8.20. The Hall–Kier alpha value is -1.95. The number of hydrogen-bond acceptors (Lipinski definition) is 3. The summed E-state index contributed by atoms with van der Waals surface area (Å²) in [5.41, 5.74) is 1.82. The molecule has 2 aromatic carbocycles. The monoisotopic (exact) mass is 451 g/mol. The van der Waals surface area contributed by atoms with Crippen molar-refractivity contribution in [3.8, 4) is 0 Å². The number of aliphatic hydroxyl groups excluding tert-OH is 1. The molecule has 2 saturated heterocycles. The normalized spacial score (nSPS) is 25.6. The number of benzene rings is 2. The molecule has 0 bridgehead atoms. The average molecular weight is 452 g/mol. The molecule has 5 heteroatoms. The van der Waals surface area contributed by atoms with Crippen LogP contribution in [0.3, 0.4) is 0 Å². The minimum atomic E-state index is -2.04. The van der Waals surface area contributed by atoms with Crippen LogP contribution in [0.25, 0.3) is 0 Å². The molecular formula is C27H37NO3Si. The molecule has 2 aliphatic rings. The molecule has 2 fully saturated rings. The van der Waals surface area contributed by atoms with Gasteiger partial charge in [-0.2, -0.15) is 0 Å². The summed E-state index contributed by atoms with van der Waals surface area (Å²) >= 11 is 0. The SMILES string of the molecule is CC(C)(C)[Si](C)(C)N1C(=O)[C@@H](CCO)[C@@H]1[C@H]1COC(c2ccccc2)(c2ccccc2)C1. The van der Waals surface area contributed by atoms with Crippen LogP contribution in [0.2, 0.25) is 18.1 Å². The van der Waals surface area contributed by atoms with Crippen LogP contribution >= 0.6 is 0 Å². The van der Waals surface area contributed by atoms with Gasteiger partial charge in [-0.3, -0.25) is 4.79 Å². The third kappa shape index (κ3) is 3.64. The van der Waals surface area contributed by atoms with Crippen molar-refractivity contribution in [2.45, 2.75) is 63.4 Å². The number of ether oxygens (including phenoxy) is 1. The van der Waals surface area contributed by atoms with Gasteiger partial charge in [-0.05, 0) is 29.0 Å². The maximum Gasteiger partial charge on any atom is 0.220 e. The maximum atomic E-state index is 13.3. The zero-order valence-corrected chi connectivity index (χ0v) is 21.0. The summed E-state index contributed by atoms with van der Waals surface area (Å²) in [6.45, 7) is 12.1. The van der Waals surface area contributed by atoms with E-state index in [1.54, 1.807) is 0 Å². The van der Waals surface area contributed by atoms with Crippen molar-refractivity contribution in [3.63, 3.8) is 0 Å². The van der Waals surface area contributed by atoms with Gasteiger partial charge in [-0.15, -0.1) is 0 Å². The Morgan fingerprint density at radius 1 is 1.03 bits per heavy atom. The summed E-state index contributed by atoms with van der Waals surface area (Å²) in [5, 5.41) is 9.77.